The minimum absolute atomic E-state index is 0.473. The number of aromatic amines is 1. The van der Waals surface area contributed by atoms with Crippen molar-refractivity contribution >= 4 is 5.97 Å². The van der Waals surface area contributed by atoms with Gasteiger partial charge in [0, 0.05) is 6.20 Å². The minimum Gasteiger partial charge on any atom is -0.481 e. The Morgan fingerprint density at radius 3 is 2.88 bits per heavy atom. The third-order valence-corrected chi connectivity index (χ3v) is 2.57. The molecule has 0 aliphatic rings. The van der Waals surface area contributed by atoms with Gasteiger partial charge >= 0.3 is 5.97 Å². The van der Waals surface area contributed by atoms with Crippen LogP contribution in [0.1, 0.15) is 25.1 Å². The predicted octanol–water partition coefficient (Wildman–Crippen LogP) is 2.05. The highest BCUT2D eigenvalue weighted by molar-refractivity contribution is 5.75. The fourth-order valence-corrected chi connectivity index (χ4v) is 1.65. The van der Waals surface area contributed by atoms with Crippen LogP contribution in [0.3, 0.4) is 0 Å². The summed E-state index contributed by atoms with van der Waals surface area (Å²) in [5.41, 5.74) is 1.49. The van der Waals surface area contributed by atoms with Crippen LogP contribution in [0.4, 0.5) is 0 Å². The average Bonchev–Trinajstić information content (AvgIpc) is 2.80. The Bertz CT molecular complexity index is 507. The van der Waals surface area contributed by atoms with Crippen LogP contribution in [0.2, 0.25) is 0 Å². The molecule has 0 aromatic carbocycles. The van der Waals surface area contributed by atoms with Crippen molar-refractivity contribution in [3.8, 4) is 11.4 Å². The fourth-order valence-electron chi connectivity index (χ4n) is 1.65. The minimum atomic E-state index is -0.866. The lowest BCUT2D eigenvalue weighted by molar-refractivity contribution is -0.139. The van der Waals surface area contributed by atoms with Crippen molar-refractivity contribution in [1.82, 2.24) is 15.0 Å². The van der Waals surface area contributed by atoms with Crippen LogP contribution in [0.15, 0.2) is 30.6 Å². The Kier molecular flexibility index (Phi) is 3.18. The van der Waals surface area contributed by atoms with Gasteiger partial charge in [-0.1, -0.05) is 13.0 Å². The first-order valence-corrected chi connectivity index (χ1v) is 5.41. The molecule has 5 nitrogen and oxygen atoms in total. The summed E-state index contributed by atoms with van der Waals surface area (Å²) in [6.07, 6.45) is 3.80. The topological polar surface area (TPSA) is 78.9 Å². The number of nitrogens with zero attached hydrogens (tertiary/aromatic N) is 2. The maximum atomic E-state index is 11.0. The number of rotatable bonds is 4. The summed E-state index contributed by atoms with van der Waals surface area (Å²) in [5.74, 6) is -0.984. The number of aromatic nitrogens is 3. The third-order valence-electron chi connectivity index (χ3n) is 2.57. The summed E-state index contributed by atoms with van der Waals surface area (Å²) in [7, 11) is 0. The lowest BCUT2D eigenvalue weighted by Crippen LogP contribution is -2.11. The molecule has 5 heteroatoms. The number of hydrogen-bond acceptors (Lipinski definition) is 3. The third kappa shape index (κ3) is 2.33. The molecule has 2 rings (SSSR count). The van der Waals surface area contributed by atoms with Crippen LogP contribution >= 0.6 is 0 Å². The molecule has 2 aromatic rings. The van der Waals surface area contributed by atoms with E-state index in [1.807, 2.05) is 25.1 Å². The van der Waals surface area contributed by atoms with Gasteiger partial charge in [0.25, 0.3) is 0 Å². The quantitative estimate of drug-likeness (QED) is 0.844. The predicted molar refractivity (Wildman–Crippen MR) is 62.5 cm³/mol. The summed E-state index contributed by atoms with van der Waals surface area (Å²) in [4.78, 5) is 22.3. The SMILES string of the molecule is CCC(C(=O)O)c1ncc(-c2ccccn2)[nH]1. The van der Waals surface area contributed by atoms with Crippen molar-refractivity contribution in [2.24, 2.45) is 0 Å². The highest BCUT2D eigenvalue weighted by Gasteiger charge is 2.21. The summed E-state index contributed by atoms with van der Waals surface area (Å²) >= 11 is 0. The smallest absolute Gasteiger partial charge is 0.314 e. The van der Waals surface area contributed by atoms with E-state index in [9.17, 15) is 4.79 Å². The largest absolute Gasteiger partial charge is 0.481 e. The van der Waals surface area contributed by atoms with E-state index >= 15 is 0 Å². The maximum Gasteiger partial charge on any atom is 0.314 e. The summed E-state index contributed by atoms with van der Waals surface area (Å²) < 4.78 is 0. The Morgan fingerprint density at radius 1 is 1.47 bits per heavy atom. The molecule has 0 saturated heterocycles. The van der Waals surface area contributed by atoms with Crippen LogP contribution in [0, 0.1) is 0 Å². The van der Waals surface area contributed by atoms with Gasteiger partial charge in [-0.15, -0.1) is 0 Å². The van der Waals surface area contributed by atoms with Gasteiger partial charge in [-0.25, -0.2) is 4.98 Å². The number of aliphatic carboxylic acids is 1. The lowest BCUT2D eigenvalue weighted by atomic mass is 10.1. The van der Waals surface area contributed by atoms with Crippen LogP contribution in [0.5, 0.6) is 0 Å². The van der Waals surface area contributed by atoms with Gasteiger partial charge in [-0.3, -0.25) is 9.78 Å². The molecule has 0 saturated carbocycles. The van der Waals surface area contributed by atoms with Crippen molar-refractivity contribution < 1.29 is 9.90 Å². The van der Waals surface area contributed by atoms with Crippen LogP contribution in [-0.2, 0) is 4.79 Å². The van der Waals surface area contributed by atoms with Crippen molar-refractivity contribution in [3.05, 3.63) is 36.4 Å². The standard InChI is InChI=1S/C12H13N3O2/c1-2-8(12(16)17)11-14-7-10(15-11)9-5-3-4-6-13-9/h3-8H,2H2,1H3,(H,14,15)(H,16,17). The van der Waals surface area contributed by atoms with Gasteiger partial charge < -0.3 is 10.1 Å². The van der Waals surface area contributed by atoms with Crippen molar-refractivity contribution in [2.45, 2.75) is 19.3 Å². The summed E-state index contributed by atoms with van der Waals surface area (Å²) in [5, 5.41) is 9.03. The molecule has 0 bridgehead atoms. The summed E-state index contributed by atoms with van der Waals surface area (Å²) in [6.45, 7) is 1.82. The Labute approximate surface area is 98.6 Å². The number of nitrogens with one attached hydrogen (secondary N) is 1. The Hall–Kier alpha value is -2.17. The number of carboxylic acid groups (broad SMARTS) is 1. The zero-order chi connectivity index (χ0) is 12.3. The number of H-pyrrole nitrogens is 1. The molecule has 1 unspecified atom stereocenters. The van der Waals surface area contributed by atoms with Gasteiger partial charge in [0.2, 0.25) is 0 Å². The van der Waals surface area contributed by atoms with E-state index in [2.05, 4.69) is 15.0 Å². The highest BCUT2D eigenvalue weighted by atomic mass is 16.4. The number of hydrogen-bond donors (Lipinski definition) is 2. The van der Waals surface area contributed by atoms with E-state index in [0.717, 1.165) is 11.4 Å². The number of pyridine rings is 1. The highest BCUT2D eigenvalue weighted by Crippen LogP contribution is 2.20. The zero-order valence-corrected chi connectivity index (χ0v) is 9.42. The van der Waals surface area contributed by atoms with E-state index < -0.39 is 11.9 Å². The maximum absolute atomic E-state index is 11.0. The first-order chi connectivity index (χ1) is 8.22. The van der Waals surface area contributed by atoms with Gasteiger partial charge in [-0.2, -0.15) is 0 Å². The molecular weight excluding hydrogens is 218 g/mol. The molecule has 0 amide bonds. The first-order valence-electron chi connectivity index (χ1n) is 5.41. The monoisotopic (exact) mass is 231 g/mol. The molecule has 0 radical (unpaired) electrons. The lowest BCUT2D eigenvalue weighted by Gasteiger charge is -2.05. The second-order valence-electron chi connectivity index (χ2n) is 3.70. The zero-order valence-electron chi connectivity index (χ0n) is 9.42. The molecule has 17 heavy (non-hydrogen) atoms. The van der Waals surface area contributed by atoms with Gasteiger partial charge in [0.05, 0.1) is 17.6 Å². The van der Waals surface area contributed by atoms with E-state index in [0.29, 0.717) is 12.2 Å². The second-order valence-corrected chi connectivity index (χ2v) is 3.70. The molecule has 2 heterocycles. The number of imidazole rings is 1. The van der Waals surface area contributed by atoms with Gasteiger partial charge in [-0.05, 0) is 18.6 Å². The van der Waals surface area contributed by atoms with E-state index in [4.69, 9.17) is 5.11 Å². The molecule has 0 aliphatic heterocycles. The normalized spacial score (nSPS) is 12.3. The van der Waals surface area contributed by atoms with E-state index in [1.165, 1.54) is 0 Å². The molecular formula is C12H13N3O2. The molecule has 2 aromatic heterocycles. The number of carbonyl (C=O) groups is 1. The number of carboxylic acids is 1. The Balaban J connectivity index is 2.30. The molecule has 0 spiro atoms. The molecule has 0 fully saturated rings. The Morgan fingerprint density at radius 2 is 2.29 bits per heavy atom. The second kappa shape index (κ2) is 4.78. The molecule has 1 atom stereocenters. The van der Waals surface area contributed by atoms with Crippen LogP contribution < -0.4 is 0 Å². The fraction of sp³-hybridized carbons (Fsp3) is 0.250. The van der Waals surface area contributed by atoms with E-state index in [-0.39, 0.29) is 0 Å². The average molecular weight is 231 g/mol. The van der Waals surface area contributed by atoms with Gasteiger partial charge in [0.15, 0.2) is 0 Å². The van der Waals surface area contributed by atoms with Crippen molar-refractivity contribution in [3.63, 3.8) is 0 Å². The first kappa shape index (κ1) is 11.3. The molecule has 88 valence electrons. The molecule has 2 N–H and O–H groups in total. The van der Waals surface area contributed by atoms with Crippen LogP contribution in [0.25, 0.3) is 11.4 Å². The summed E-state index contributed by atoms with van der Waals surface area (Å²) in [6, 6.07) is 5.54. The van der Waals surface area contributed by atoms with Crippen molar-refractivity contribution in [2.75, 3.05) is 0 Å². The van der Waals surface area contributed by atoms with Crippen molar-refractivity contribution in [1.29, 1.82) is 0 Å². The van der Waals surface area contributed by atoms with E-state index in [1.54, 1.807) is 12.4 Å². The molecule has 0 aliphatic carbocycles. The van der Waals surface area contributed by atoms with Crippen LogP contribution in [-0.4, -0.2) is 26.0 Å². The van der Waals surface area contributed by atoms with Gasteiger partial charge in [0.1, 0.15) is 11.7 Å².